The SMILES string of the molecule is CNc1cnc(CSc2ccccc2[N+](=O)[O-])cn1. The Labute approximate surface area is 114 Å². The lowest BCUT2D eigenvalue weighted by molar-refractivity contribution is -0.387. The van der Waals surface area contributed by atoms with Gasteiger partial charge in [0.15, 0.2) is 0 Å². The van der Waals surface area contributed by atoms with E-state index in [1.165, 1.54) is 17.8 Å². The molecule has 19 heavy (non-hydrogen) atoms. The van der Waals surface area contributed by atoms with Gasteiger partial charge < -0.3 is 5.32 Å². The summed E-state index contributed by atoms with van der Waals surface area (Å²) >= 11 is 1.38. The fourth-order valence-corrected chi connectivity index (χ4v) is 2.36. The fraction of sp³-hybridized carbons (Fsp3) is 0.167. The lowest BCUT2D eigenvalue weighted by Gasteiger charge is -2.03. The van der Waals surface area contributed by atoms with Crippen LogP contribution in [0.4, 0.5) is 11.5 Å². The van der Waals surface area contributed by atoms with E-state index < -0.39 is 0 Å². The summed E-state index contributed by atoms with van der Waals surface area (Å²) in [4.78, 5) is 19.5. The first-order chi connectivity index (χ1) is 9.20. The number of hydrogen-bond donors (Lipinski definition) is 1. The maximum absolute atomic E-state index is 10.9. The Morgan fingerprint density at radius 1 is 1.32 bits per heavy atom. The first-order valence-corrected chi connectivity index (χ1v) is 6.54. The van der Waals surface area contributed by atoms with E-state index in [1.807, 2.05) is 0 Å². The van der Waals surface area contributed by atoms with Crippen molar-refractivity contribution in [2.24, 2.45) is 0 Å². The molecule has 1 N–H and O–H groups in total. The highest BCUT2D eigenvalue weighted by molar-refractivity contribution is 7.98. The molecule has 1 aromatic heterocycles. The molecule has 0 unspecified atom stereocenters. The Kier molecular flexibility index (Phi) is 4.30. The number of hydrogen-bond acceptors (Lipinski definition) is 6. The van der Waals surface area contributed by atoms with Crippen molar-refractivity contribution in [1.82, 2.24) is 9.97 Å². The third kappa shape index (κ3) is 3.41. The summed E-state index contributed by atoms with van der Waals surface area (Å²) in [6, 6.07) is 6.67. The number of nitrogens with one attached hydrogen (secondary N) is 1. The van der Waals surface area contributed by atoms with Gasteiger partial charge >= 0.3 is 0 Å². The molecule has 0 spiro atoms. The van der Waals surface area contributed by atoms with Crippen LogP contribution in [0.5, 0.6) is 0 Å². The average Bonchev–Trinajstić information content (AvgIpc) is 2.46. The molecule has 1 heterocycles. The average molecular weight is 276 g/mol. The van der Waals surface area contributed by atoms with Crippen molar-refractivity contribution in [1.29, 1.82) is 0 Å². The Balaban J connectivity index is 2.07. The van der Waals surface area contributed by atoms with Gasteiger partial charge in [-0.25, -0.2) is 4.98 Å². The minimum atomic E-state index is -0.377. The molecule has 7 heteroatoms. The lowest BCUT2D eigenvalue weighted by Crippen LogP contribution is -1.96. The topological polar surface area (TPSA) is 81.0 Å². The first-order valence-electron chi connectivity index (χ1n) is 5.55. The molecule has 2 rings (SSSR count). The van der Waals surface area contributed by atoms with Gasteiger partial charge in [-0.3, -0.25) is 15.1 Å². The number of nitro groups is 1. The molecule has 6 nitrogen and oxygen atoms in total. The number of thioether (sulfide) groups is 1. The monoisotopic (exact) mass is 276 g/mol. The molecule has 0 saturated carbocycles. The van der Waals surface area contributed by atoms with Crippen LogP contribution < -0.4 is 5.32 Å². The minimum Gasteiger partial charge on any atom is -0.372 e. The Hall–Kier alpha value is -2.15. The highest BCUT2D eigenvalue weighted by Crippen LogP contribution is 2.30. The van der Waals surface area contributed by atoms with Crippen LogP contribution in [-0.4, -0.2) is 21.9 Å². The zero-order valence-corrected chi connectivity index (χ0v) is 11.1. The number of anilines is 1. The molecule has 1 aromatic carbocycles. The second-order valence-electron chi connectivity index (χ2n) is 3.66. The molecule has 0 atom stereocenters. The van der Waals surface area contributed by atoms with Crippen molar-refractivity contribution < 1.29 is 4.92 Å². The van der Waals surface area contributed by atoms with Gasteiger partial charge in [0, 0.05) is 18.9 Å². The second kappa shape index (κ2) is 6.14. The van der Waals surface area contributed by atoms with E-state index >= 15 is 0 Å². The minimum absolute atomic E-state index is 0.118. The van der Waals surface area contributed by atoms with Gasteiger partial charge in [0.05, 0.1) is 27.9 Å². The summed E-state index contributed by atoms with van der Waals surface area (Å²) in [6.45, 7) is 0. The van der Waals surface area contributed by atoms with Crippen LogP contribution in [0.15, 0.2) is 41.6 Å². The molecule has 0 aliphatic rings. The molecule has 98 valence electrons. The number of nitrogens with zero attached hydrogens (tertiary/aromatic N) is 3. The highest BCUT2D eigenvalue weighted by Gasteiger charge is 2.12. The maximum Gasteiger partial charge on any atom is 0.282 e. The zero-order valence-electron chi connectivity index (χ0n) is 10.2. The van der Waals surface area contributed by atoms with Gasteiger partial charge in [-0.15, -0.1) is 11.8 Å². The van der Waals surface area contributed by atoms with E-state index in [2.05, 4.69) is 15.3 Å². The fourth-order valence-electron chi connectivity index (χ4n) is 1.44. The van der Waals surface area contributed by atoms with Gasteiger partial charge in [0.25, 0.3) is 5.69 Å². The van der Waals surface area contributed by atoms with Crippen molar-refractivity contribution >= 4 is 23.3 Å². The summed E-state index contributed by atoms with van der Waals surface area (Å²) in [7, 11) is 1.77. The van der Waals surface area contributed by atoms with Gasteiger partial charge in [-0.05, 0) is 6.07 Å². The largest absolute Gasteiger partial charge is 0.372 e. The van der Waals surface area contributed by atoms with Gasteiger partial charge in [-0.1, -0.05) is 12.1 Å². The third-order valence-corrected chi connectivity index (χ3v) is 3.50. The summed E-state index contributed by atoms with van der Waals surface area (Å²) in [5.41, 5.74) is 0.898. The lowest BCUT2D eigenvalue weighted by atomic mass is 10.3. The second-order valence-corrected chi connectivity index (χ2v) is 4.67. The smallest absolute Gasteiger partial charge is 0.282 e. The van der Waals surface area contributed by atoms with Crippen LogP contribution in [0.3, 0.4) is 0 Å². The van der Waals surface area contributed by atoms with Crippen molar-refractivity contribution in [3.8, 4) is 0 Å². The van der Waals surface area contributed by atoms with E-state index in [0.717, 1.165) is 5.69 Å². The predicted molar refractivity (Wildman–Crippen MR) is 74.2 cm³/mol. The molecular formula is C12H12N4O2S. The van der Waals surface area contributed by atoms with E-state index in [1.54, 1.807) is 37.6 Å². The van der Waals surface area contributed by atoms with Crippen LogP contribution >= 0.6 is 11.8 Å². The molecule has 0 amide bonds. The van der Waals surface area contributed by atoms with Gasteiger partial charge in [-0.2, -0.15) is 0 Å². The number of para-hydroxylation sites is 1. The van der Waals surface area contributed by atoms with Crippen molar-refractivity contribution in [2.45, 2.75) is 10.6 Å². The van der Waals surface area contributed by atoms with Crippen LogP contribution in [0.2, 0.25) is 0 Å². The van der Waals surface area contributed by atoms with Crippen LogP contribution in [0.1, 0.15) is 5.69 Å². The first kappa shape index (κ1) is 13.3. The molecule has 0 aliphatic carbocycles. The van der Waals surface area contributed by atoms with E-state index in [4.69, 9.17) is 0 Å². The maximum atomic E-state index is 10.9. The van der Waals surface area contributed by atoms with E-state index in [-0.39, 0.29) is 10.6 Å². The van der Waals surface area contributed by atoms with E-state index in [9.17, 15) is 10.1 Å². The van der Waals surface area contributed by atoms with Crippen molar-refractivity contribution in [3.63, 3.8) is 0 Å². The molecule has 0 aliphatic heterocycles. The number of nitro benzene ring substituents is 1. The number of aromatic nitrogens is 2. The highest BCUT2D eigenvalue weighted by atomic mass is 32.2. The Morgan fingerprint density at radius 3 is 2.74 bits per heavy atom. The molecule has 0 saturated heterocycles. The standard InChI is InChI=1S/C12H12N4O2S/c1-13-12-7-14-9(6-15-12)8-19-11-5-3-2-4-10(11)16(17)18/h2-7H,8H2,1H3,(H,13,15). The molecule has 0 bridgehead atoms. The summed E-state index contributed by atoms with van der Waals surface area (Å²) < 4.78 is 0. The van der Waals surface area contributed by atoms with Crippen LogP contribution in [0.25, 0.3) is 0 Å². The van der Waals surface area contributed by atoms with Gasteiger partial charge in [0.2, 0.25) is 0 Å². The molecule has 2 aromatic rings. The normalized spacial score (nSPS) is 10.2. The Morgan fingerprint density at radius 2 is 2.11 bits per heavy atom. The third-order valence-electron chi connectivity index (χ3n) is 2.40. The quantitative estimate of drug-likeness (QED) is 0.513. The van der Waals surface area contributed by atoms with Crippen LogP contribution in [-0.2, 0) is 5.75 Å². The van der Waals surface area contributed by atoms with Crippen LogP contribution in [0, 0.1) is 10.1 Å². The van der Waals surface area contributed by atoms with E-state index in [0.29, 0.717) is 16.5 Å². The molecule has 0 radical (unpaired) electrons. The number of benzene rings is 1. The Bertz CT molecular complexity index is 574. The summed E-state index contributed by atoms with van der Waals surface area (Å²) in [6.07, 6.45) is 3.29. The predicted octanol–water partition coefficient (Wildman–Crippen LogP) is 2.72. The molecular weight excluding hydrogens is 264 g/mol. The van der Waals surface area contributed by atoms with Gasteiger partial charge in [0.1, 0.15) is 5.82 Å². The van der Waals surface area contributed by atoms with Crippen molar-refractivity contribution in [2.75, 3.05) is 12.4 Å². The summed E-state index contributed by atoms with van der Waals surface area (Å²) in [5.74, 6) is 1.24. The number of rotatable bonds is 5. The zero-order chi connectivity index (χ0) is 13.7. The summed E-state index contributed by atoms with van der Waals surface area (Å²) in [5, 5.41) is 13.8. The van der Waals surface area contributed by atoms with Crippen molar-refractivity contribution in [3.05, 3.63) is 52.5 Å². The molecule has 0 fully saturated rings.